The predicted octanol–water partition coefficient (Wildman–Crippen LogP) is 1.38. The molecule has 0 spiro atoms. The predicted molar refractivity (Wildman–Crippen MR) is 44.0 cm³/mol. The van der Waals surface area contributed by atoms with Crippen LogP contribution in [0, 0.1) is 0 Å². The first-order valence-electron chi connectivity index (χ1n) is 2.84. The summed E-state index contributed by atoms with van der Waals surface area (Å²) in [7, 11) is 0. The molecule has 0 bridgehead atoms. The maximum atomic E-state index is 10.7. The number of aromatic amines is 1. The summed E-state index contributed by atoms with van der Waals surface area (Å²) in [5.41, 5.74) is -0.826. The van der Waals surface area contributed by atoms with E-state index in [1.165, 1.54) is 0 Å². The Hall–Kier alpha value is -1.00. The fraction of sp³-hybridized carbons (Fsp3) is 0. The maximum absolute atomic E-state index is 10.7. The summed E-state index contributed by atoms with van der Waals surface area (Å²) in [5.74, 6) is -1.24. The number of hydrogen-bond donors (Lipinski definition) is 2. The first-order chi connectivity index (χ1) is 5.52. The zero-order chi connectivity index (χ0) is 9.30. The fourth-order valence-corrected chi connectivity index (χ4v) is 1.02. The second-order valence-electron chi connectivity index (χ2n) is 1.98. The van der Waals surface area contributed by atoms with Gasteiger partial charge in [-0.05, 0) is 6.07 Å². The first kappa shape index (κ1) is 9.09. The molecule has 0 saturated carbocycles. The van der Waals surface area contributed by atoms with E-state index in [9.17, 15) is 9.59 Å². The van der Waals surface area contributed by atoms with Crippen molar-refractivity contribution in [3.63, 3.8) is 0 Å². The lowest BCUT2D eigenvalue weighted by Crippen LogP contribution is -2.10. The van der Waals surface area contributed by atoms with Crippen molar-refractivity contribution in [2.24, 2.45) is 0 Å². The van der Waals surface area contributed by atoms with Crippen LogP contribution in [0.4, 0.5) is 0 Å². The summed E-state index contributed by atoms with van der Waals surface area (Å²) in [5, 5.41) is 8.09. The number of halogens is 2. The lowest BCUT2D eigenvalue weighted by molar-refractivity contribution is 0.0696. The quantitative estimate of drug-likeness (QED) is 0.684. The van der Waals surface area contributed by atoms with Crippen LogP contribution in [0.2, 0.25) is 10.2 Å². The number of aromatic nitrogens is 1. The summed E-state index contributed by atoms with van der Waals surface area (Å²) < 4.78 is 0. The monoisotopic (exact) mass is 207 g/mol. The number of nitrogens with one attached hydrogen (secondary N) is 1. The molecule has 1 heterocycles. The summed E-state index contributed by atoms with van der Waals surface area (Å²) in [4.78, 5) is 23.3. The highest BCUT2D eigenvalue weighted by atomic mass is 35.5. The molecule has 0 unspecified atom stereocenters. The minimum absolute atomic E-state index is 0.197. The molecule has 0 aliphatic heterocycles. The van der Waals surface area contributed by atoms with Gasteiger partial charge in [0.2, 0.25) is 0 Å². The van der Waals surface area contributed by atoms with Crippen LogP contribution in [-0.4, -0.2) is 16.1 Å². The van der Waals surface area contributed by atoms with Crippen molar-refractivity contribution < 1.29 is 9.90 Å². The molecule has 64 valence electrons. The molecule has 0 aliphatic rings. The van der Waals surface area contributed by atoms with Crippen molar-refractivity contribution in [3.8, 4) is 0 Å². The van der Waals surface area contributed by atoms with E-state index >= 15 is 0 Å². The smallest absolute Gasteiger partial charge is 0.338 e. The third-order valence-electron chi connectivity index (χ3n) is 1.18. The van der Waals surface area contributed by atoms with E-state index in [0.29, 0.717) is 0 Å². The molecule has 0 fully saturated rings. The van der Waals surface area contributed by atoms with E-state index in [-0.39, 0.29) is 15.7 Å². The summed E-state index contributed by atoms with van der Waals surface area (Å²) in [6, 6.07) is 1.01. The number of carbonyl (C=O) groups is 1. The second-order valence-corrected chi connectivity index (χ2v) is 2.76. The molecule has 0 aliphatic carbocycles. The van der Waals surface area contributed by atoms with E-state index < -0.39 is 11.5 Å². The average molecular weight is 208 g/mol. The van der Waals surface area contributed by atoms with Gasteiger partial charge in [-0.1, -0.05) is 23.2 Å². The van der Waals surface area contributed by atoms with Gasteiger partial charge in [0.25, 0.3) is 5.56 Å². The van der Waals surface area contributed by atoms with Gasteiger partial charge in [-0.3, -0.25) is 4.79 Å². The molecule has 1 rings (SSSR count). The van der Waals surface area contributed by atoms with Crippen molar-refractivity contribution in [1.29, 1.82) is 0 Å². The Morgan fingerprint density at radius 3 is 2.58 bits per heavy atom. The van der Waals surface area contributed by atoms with E-state index in [4.69, 9.17) is 28.3 Å². The van der Waals surface area contributed by atoms with Crippen LogP contribution in [0.5, 0.6) is 0 Å². The van der Waals surface area contributed by atoms with Crippen molar-refractivity contribution in [3.05, 3.63) is 32.2 Å². The Morgan fingerprint density at radius 1 is 1.50 bits per heavy atom. The van der Waals surface area contributed by atoms with Gasteiger partial charge in [0.05, 0.1) is 5.56 Å². The number of carboxylic acid groups (broad SMARTS) is 1. The van der Waals surface area contributed by atoms with E-state index in [1.54, 1.807) is 0 Å². The van der Waals surface area contributed by atoms with E-state index in [1.807, 2.05) is 0 Å². The Labute approximate surface area is 76.7 Å². The standard InChI is InChI=1S/C6H3Cl2NO3/c7-3-1-2(6(11)12)4(8)9-5(3)10/h1H,(H,9,10)(H,11,12). The number of hydrogen-bond acceptors (Lipinski definition) is 2. The average Bonchev–Trinajstić information content (AvgIpc) is 1.96. The van der Waals surface area contributed by atoms with Gasteiger partial charge < -0.3 is 10.1 Å². The highest BCUT2D eigenvalue weighted by molar-refractivity contribution is 6.34. The second kappa shape index (κ2) is 3.16. The zero-order valence-electron chi connectivity index (χ0n) is 5.60. The molecule has 6 heteroatoms. The Balaban J connectivity index is 3.43. The Bertz CT molecular complexity index is 385. The maximum Gasteiger partial charge on any atom is 0.338 e. The lowest BCUT2D eigenvalue weighted by Gasteiger charge is -1.97. The van der Waals surface area contributed by atoms with Crippen molar-refractivity contribution in [2.75, 3.05) is 0 Å². The van der Waals surface area contributed by atoms with Crippen LogP contribution in [-0.2, 0) is 0 Å². The molecule has 1 aromatic heterocycles. The van der Waals surface area contributed by atoms with Gasteiger partial charge in [0, 0.05) is 0 Å². The molecule has 0 amide bonds. The van der Waals surface area contributed by atoms with Crippen molar-refractivity contribution in [1.82, 2.24) is 4.98 Å². The van der Waals surface area contributed by atoms with E-state index in [0.717, 1.165) is 6.07 Å². The van der Waals surface area contributed by atoms with Gasteiger partial charge in [-0.2, -0.15) is 0 Å². The summed E-state index contributed by atoms with van der Waals surface area (Å²) in [6.07, 6.45) is 0. The van der Waals surface area contributed by atoms with Crippen molar-refractivity contribution >= 4 is 29.2 Å². The molecule has 0 radical (unpaired) electrons. The first-order valence-corrected chi connectivity index (χ1v) is 3.59. The largest absolute Gasteiger partial charge is 0.478 e. The number of rotatable bonds is 1. The van der Waals surface area contributed by atoms with Crippen molar-refractivity contribution in [2.45, 2.75) is 0 Å². The Morgan fingerprint density at radius 2 is 2.08 bits per heavy atom. The molecule has 4 nitrogen and oxygen atoms in total. The van der Waals surface area contributed by atoms with E-state index in [2.05, 4.69) is 4.98 Å². The molecule has 0 aromatic carbocycles. The summed E-state index contributed by atoms with van der Waals surface area (Å²) >= 11 is 10.8. The molecular weight excluding hydrogens is 205 g/mol. The highest BCUT2D eigenvalue weighted by Gasteiger charge is 2.11. The van der Waals surface area contributed by atoms with Crippen LogP contribution in [0.15, 0.2) is 10.9 Å². The topological polar surface area (TPSA) is 70.2 Å². The van der Waals surface area contributed by atoms with Gasteiger partial charge >= 0.3 is 5.97 Å². The molecule has 0 saturated heterocycles. The highest BCUT2D eigenvalue weighted by Crippen LogP contribution is 2.13. The third kappa shape index (κ3) is 1.60. The minimum atomic E-state index is -1.24. The molecule has 0 atom stereocenters. The SMILES string of the molecule is O=C(O)c1cc(Cl)c(=O)[nH]c1Cl. The number of pyridine rings is 1. The van der Waals surface area contributed by atoms with Crippen LogP contribution >= 0.6 is 23.2 Å². The lowest BCUT2D eigenvalue weighted by atomic mass is 10.3. The normalized spacial score (nSPS) is 9.83. The Kier molecular flexibility index (Phi) is 2.40. The number of H-pyrrole nitrogens is 1. The van der Waals surface area contributed by atoms with Gasteiger partial charge in [0.15, 0.2) is 0 Å². The molecule has 1 aromatic rings. The van der Waals surface area contributed by atoms with Gasteiger partial charge in [-0.15, -0.1) is 0 Å². The number of aromatic carboxylic acids is 1. The zero-order valence-corrected chi connectivity index (χ0v) is 7.11. The third-order valence-corrected chi connectivity index (χ3v) is 1.76. The number of carboxylic acids is 1. The fourth-order valence-electron chi connectivity index (χ4n) is 0.638. The van der Waals surface area contributed by atoms with Gasteiger partial charge in [0.1, 0.15) is 10.2 Å². The van der Waals surface area contributed by atoms with Gasteiger partial charge in [-0.25, -0.2) is 4.79 Å². The van der Waals surface area contributed by atoms with Crippen LogP contribution in [0.1, 0.15) is 10.4 Å². The minimum Gasteiger partial charge on any atom is -0.478 e. The molecule has 2 N–H and O–H groups in total. The molecule has 12 heavy (non-hydrogen) atoms. The molecular formula is C6H3Cl2NO3. The van der Waals surface area contributed by atoms with Crippen LogP contribution in [0.3, 0.4) is 0 Å². The van der Waals surface area contributed by atoms with Crippen LogP contribution in [0.25, 0.3) is 0 Å². The van der Waals surface area contributed by atoms with Crippen LogP contribution < -0.4 is 5.56 Å². The summed E-state index contributed by atoms with van der Waals surface area (Å²) in [6.45, 7) is 0.